The van der Waals surface area contributed by atoms with E-state index in [0.717, 1.165) is 12.8 Å². The summed E-state index contributed by atoms with van der Waals surface area (Å²) in [5.74, 6) is 0.501. The maximum atomic E-state index is 4.34. The van der Waals surface area contributed by atoms with Gasteiger partial charge in [-0.25, -0.2) is 0 Å². The zero-order chi connectivity index (χ0) is 20.6. The molecule has 0 nitrogen and oxygen atoms in total. The quantitative estimate of drug-likeness (QED) is 0.186. The third-order valence-corrected chi connectivity index (χ3v) is 5.94. The molecule has 1 aromatic carbocycles. The number of benzene rings is 1. The number of unbranched alkanes of at least 4 members (excludes halogenated alkanes) is 10. The molecule has 0 aliphatic carbocycles. The van der Waals surface area contributed by atoms with Crippen molar-refractivity contribution in [3.8, 4) is 0 Å². The van der Waals surface area contributed by atoms with Crippen molar-refractivity contribution >= 4 is 5.57 Å². The SMILES string of the molecule is C=C(CCCCCCCCCCCCC)CCc1ccccc1C(=C)C(C)C. The van der Waals surface area contributed by atoms with Gasteiger partial charge in [-0.15, -0.1) is 0 Å². The van der Waals surface area contributed by atoms with Crippen LogP contribution in [0.5, 0.6) is 0 Å². The van der Waals surface area contributed by atoms with Crippen molar-refractivity contribution in [3.05, 3.63) is 54.1 Å². The maximum Gasteiger partial charge on any atom is -0.0196 e. The summed E-state index contributed by atoms with van der Waals surface area (Å²) >= 11 is 0. The molecule has 0 aromatic heterocycles. The molecule has 0 atom stereocenters. The van der Waals surface area contributed by atoms with E-state index in [1.54, 1.807) is 0 Å². The van der Waals surface area contributed by atoms with Gasteiger partial charge in [-0.3, -0.25) is 0 Å². The zero-order valence-electron chi connectivity index (χ0n) is 19.2. The molecule has 0 heterocycles. The lowest BCUT2D eigenvalue weighted by atomic mass is 9.90. The van der Waals surface area contributed by atoms with Crippen molar-refractivity contribution in [1.29, 1.82) is 0 Å². The monoisotopic (exact) mass is 382 g/mol. The molecule has 0 saturated heterocycles. The normalized spacial score (nSPS) is 11.1. The Morgan fingerprint density at radius 1 is 0.750 bits per heavy atom. The van der Waals surface area contributed by atoms with Gasteiger partial charge in [-0.05, 0) is 48.3 Å². The van der Waals surface area contributed by atoms with Crippen LogP contribution >= 0.6 is 0 Å². The molecular weight excluding hydrogens is 336 g/mol. The summed E-state index contributed by atoms with van der Waals surface area (Å²) in [7, 11) is 0. The topological polar surface area (TPSA) is 0 Å². The number of hydrogen-bond donors (Lipinski definition) is 0. The lowest BCUT2D eigenvalue weighted by molar-refractivity contribution is 0.548. The van der Waals surface area contributed by atoms with Crippen LogP contribution in [-0.4, -0.2) is 0 Å². The highest BCUT2D eigenvalue weighted by Gasteiger charge is 2.09. The van der Waals surface area contributed by atoms with Gasteiger partial charge in [0, 0.05) is 0 Å². The first-order valence-electron chi connectivity index (χ1n) is 12.0. The maximum absolute atomic E-state index is 4.34. The molecule has 158 valence electrons. The Morgan fingerprint density at radius 2 is 1.29 bits per heavy atom. The average Bonchev–Trinajstić information content (AvgIpc) is 2.70. The summed E-state index contributed by atoms with van der Waals surface area (Å²) < 4.78 is 0. The summed E-state index contributed by atoms with van der Waals surface area (Å²) in [6.45, 7) is 15.4. The summed E-state index contributed by atoms with van der Waals surface area (Å²) in [5, 5.41) is 0. The smallest absolute Gasteiger partial charge is 0.0196 e. The van der Waals surface area contributed by atoms with Crippen molar-refractivity contribution in [1.82, 2.24) is 0 Å². The van der Waals surface area contributed by atoms with Crippen LogP contribution in [0.4, 0.5) is 0 Å². The highest BCUT2D eigenvalue weighted by Crippen LogP contribution is 2.26. The second-order valence-electron chi connectivity index (χ2n) is 8.87. The standard InChI is InChI=1S/C28H46/c1-6-7-8-9-10-11-12-13-14-15-16-19-25(4)22-23-27-20-17-18-21-28(27)26(5)24(2)3/h17-18,20-21,24H,4-16,19,22-23H2,1-3H3. The van der Waals surface area contributed by atoms with Crippen molar-refractivity contribution in [2.45, 2.75) is 111 Å². The third kappa shape index (κ3) is 10.9. The molecule has 0 heteroatoms. The van der Waals surface area contributed by atoms with Gasteiger partial charge in [0.25, 0.3) is 0 Å². The van der Waals surface area contributed by atoms with Crippen LogP contribution in [0.2, 0.25) is 0 Å². The second kappa shape index (κ2) is 15.6. The van der Waals surface area contributed by atoms with Gasteiger partial charge in [-0.1, -0.05) is 128 Å². The molecule has 0 N–H and O–H groups in total. The number of rotatable bonds is 17. The van der Waals surface area contributed by atoms with E-state index < -0.39 is 0 Å². The summed E-state index contributed by atoms with van der Waals surface area (Å²) in [5.41, 5.74) is 5.45. The van der Waals surface area contributed by atoms with Gasteiger partial charge in [-0.2, -0.15) is 0 Å². The minimum absolute atomic E-state index is 0.501. The first-order chi connectivity index (χ1) is 13.6. The van der Waals surface area contributed by atoms with Crippen molar-refractivity contribution in [3.63, 3.8) is 0 Å². The Hall–Kier alpha value is -1.30. The van der Waals surface area contributed by atoms with Crippen LogP contribution in [0.3, 0.4) is 0 Å². The fourth-order valence-corrected chi connectivity index (χ4v) is 3.84. The minimum atomic E-state index is 0.501. The predicted octanol–water partition coefficient (Wildman–Crippen LogP) is 9.55. The van der Waals surface area contributed by atoms with E-state index in [1.807, 2.05) is 0 Å². The Labute approximate surface area is 176 Å². The fraction of sp³-hybridized carbons (Fsp3) is 0.643. The minimum Gasteiger partial charge on any atom is -0.0999 e. The molecule has 28 heavy (non-hydrogen) atoms. The molecule has 1 rings (SSSR count). The molecule has 0 spiro atoms. The van der Waals surface area contributed by atoms with Crippen molar-refractivity contribution in [2.24, 2.45) is 5.92 Å². The van der Waals surface area contributed by atoms with E-state index in [1.165, 1.54) is 99.3 Å². The molecule has 0 fully saturated rings. The van der Waals surface area contributed by atoms with E-state index in [-0.39, 0.29) is 0 Å². The molecule has 0 aliphatic rings. The van der Waals surface area contributed by atoms with Crippen LogP contribution in [0, 0.1) is 5.92 Å². The van der Waals surface area contributed by atoms with Crippen molar-refractivity contribution < 1.29 is 0 Å². The van der Waals surface area contributed by atoms with Crippen LogP contribution in [0.15, 0.2) is 43.0 Å². The third-order valence-electron chi connectivity index (χ3n) is 5.94. The number of hydrogen-bond acceptors (Lipinski definition) is 0. The van der Waals surface area contributed by atoms with E-state index in [9.17, 15) is 0 Å². The van der Waals surface area contributed by atoms with Gasteiger partial charge in [0.2, 0.25) is 0 Å². The zero-order valence-corrected chi connectivity index (χ0v) is 19.2. The molecule has 1 aromatic rings. The van der Waals surface area contributed by atoms with Gasteiger partial charge >= 0.3 is 0 Å². The van der Waals surface area contributed by atoms with E-state index in [0.29, 0.717) is 5.92 Å². The Morgan fingerprint density at radius 3 is 1.86 bits per heavy atom. The van der Waals surface area contributed by atoms with Crippen LogP contribution in [-0.2, 0) is 6.42 Å². The number of aryl methyl sites for hydroxylation is 1. The summed E-state index contributed by atoms with van der Waals surface area (Å²) in [4.78, 5) is 0. The number of allylic oxidation sites excluding steroid dienone is 2. The molecule has 0 amide bonds. The van der Waals surface area contributed by atoms with E-state index in [2.05, 4.69) is 58.2 Å². The largest absolute Gasteiger partial charge is 0.0999 e. The lowest BCUT2D eigenvalue weighted by Gasteiger charge is -2.15. The van der Waals surface area contributed by atoms with Crippen LogP contribution < -0.4 is 0 Å². The first kappa shape index (κ1) is 24.7. The van der Waals surface area contributed by atoms with Crippen LogP contribution in [0.1, 0.15) is 115 Å². The van der Waals surface area contributed by atoms with E-state index in [4.69, 9.17) is 0 Å². The molecule has 0 bridgehead atoms. The van der Waals surface area contributed by atoms with Gasteiger partial charge in [0.15, 0.2) is 0 Å². The first-order valence-corrected chi connectivity index (χ1v) is 12.0. The predicted molar refractivity (Wildman–Crippen MR) is 129 cm³/mol. The second-order valence-corrected chi connectivity index (χ2v) is 8.87. The van der Waals surface area contributed by atoms with Gasteiger partial charge in [0.05, 0.1) is 0 Å². The van der Waals surface area contributed by atoms with Crippen molar-refractivity contribution in [2.75, 3.05) is 0 Å². The molecule has 0 unspecified atom stereocenters. The Kier molecular flexibility index (Phi) is 13.8. The highest BCUT2D eigenvalue weighted by atomic mass is 14.1. The van der Waals surface area contributed by atoms with E-state index >= 15 is 0 Å². The summed E-state index contributed by atoms with van der Waals surface area (Å²) in [6, 6.07) is 8.77. The highest BCUT2D eigenvalue weighted by molar-refractivity contribution is 5.67. The fourth-order valence-electron chi connectivity index (χ4n) is 3.84. The Bertz CT molecular complexity index is 549. The Balaban J connectivity index is 2.11. The molecule has 0 radical (unpaired) electrons. The molecule has 0 saturated carbocycles. The molecular formula is C28H46. The summed E-state index contributed by atoms with van der Waals surface area (Å²) in [6.07, 6.45) is 18.9. The lowest BCUT2D eigenvalue weighted by Crippen LogP contribution is -1.99. The molecule has 0 aliphatic heterocycles. The van der Waals surface area contributed by atoms with Gasteiger partial charge in [0.1, 0.15) is 0 Å². The van der Waals surface area contributed by atoms with Gasteiger partial charge < -0.3 is 0 Å². The average molecular weight is 383 g/mol. The van der Waals surface area contributed by atoms with Crippen LogP contribution in [0.25, 0.3) is 5.57 Å².